The maximum atomic E-state index is 12.2. The number of halogens is 1. The Morgan fingerprint density at radius 2 is 2.15 bits per heavy atom. The van der Waals surface area contributed by atoms with Crippen LogP contribution in [0.2, 0.25) is 5.02 Å². The number of amides is 1. The minimum absolute atomic E-state index is 0.171. The van der Waals surface area contributed by atoms with Crippen LogP contribution in [0.4, 0.5) is 0 Å². The monoisotopic (exact) mass is 313 g/mol. The van der Waals surface area contributed by atoms with Crippen molar-refractivity contribution < 1.29 is 14.7 Å². The van der Waals surface area contributed by atoms with Gasteiger partial charge in [-0.1, -0.05) is 18.5 Å². The van der Waals surface area contributed by atoms with E-state index in [0.717, 1.165) is 10.6 Å². The Bertz CT molecular complexity index is 543. The normalized spacial score (nSPS) is 15.7. The lowest BCUT2D eigenvalue weighted by Gasteiger charge is -2.13. The Hall–Kier alpha value is -1.20. The van der Waals surface area contributed by atoms with Crippen LogP contribution in [0.5, 0.6) is 0 Å². The summed E-state index contributed by atoms with van der Waals surface area (Å²) < 4.78 is 0. The van der Waals surface area contributed by atoms with Crippen LogP contribution in [0.25, 0.3) is 0 Å². The van der Waals surface area contributed by atoms with Crippen LogP contribution in [-0.4, -0.2) is 29.3 Å². The van der Waals surface area contributed by atoms with E-state index in [1.54, 1.807) is 23.9 Å². The van der Waals surface area contributed by atoms with Crippen molar-refractivity contribution in [1.29, 1.82) is 0 Å². The summed E-state index contributed by atoms with van der Waals surface area (Å²) in [5, 5.41) is 12.3. The number of carboxylic acid groups (broad SMARTS) is 1. The van der Waals surface area contributed by atoms with Crippen LogP contribution < -0.4 is 5.32 Å². The molecule has 1 aliphatic carbocycles. The van der Waals surface area contributed by atoms with Crippen LogP contribution in [0.3, 0.4) is 0 Å². The highest BCUT2D eigenvalue weighted by Crippen LogP contribution is 2.45. The van der Waals surface area contributed by atoms with Crippen LogP contribution in [0.15, 0.2) is 23.1 Å². The first-order chi connectivity index (χ1) is 9.48. The summed E-state index contributed by atoms with van der Waals surface area (Å²) in [5.41, 5.74) is -0.253. The van der Waals surface area contributed by atoms with Crippen molar-refractivity contribution in [1.82, 2.24) is 5.32 Å². The lowest BCUT2D eigenvalue weighted by atomic mass is 10.1. The SMILES string of the molecule is CCSc1ccc(Cl)cc1C(=O)NCC1(C(=O)O)CC1. The molecule has 0 saturated heterocycles. The number of carbonyl (C=O) groups is 2. The highest BCUT2D eigenvalue weighted by Gasteiger charge is 2.50. The topological polar surface area (TPSA) is 66.4 Å². The van der Waals surface area contributed by atoms with Crippen LogP contribution in [0, 0.1) is 5.41 Å². The van der Waals surface area contributed by atoms with Crippen molar-refractivity contribution in [3.63, 3.8) is 0 Å². The molecule has 0 unspecified atom stereocenters. The zero-order valence-corrected chi connectivity index (χ0v) is 12.7. The van der Waals surface area contributed by atoms with E-state index in [1.807, 2.05) is 13.0 Å². The number of thioether (sulfide) groups is 1. The molecule has 0 aromatic heterocycles. The summed E-state index contributed by atoms with van der Waals surface area (Å²) in [6.07, 6.45) is 1.24. The number of hydrogen-bond acceptors (Lipinski definition) is 3. The molecule has 108 valence electrons. The molecule has 1 aromatic rings. The average molecular weight is 314 g/mol. The van der Waals surface area contributed by atoms with E-state index in [4.69, 9.17) is 16.7 Å². The van der Waals surface area contributed by atoms with E-state index in [2.05, 4.69) is 5.32 Å². The molecule has 0 bridgehead atoms. The summed E-state index contributed by atoms with van der Waals surface area (Å²) in [6.45, 7) is 2.18. The Morgan fingerprint density at radius 1 is 1.45 bits per heavy atom. The van der Waals surface area contributed by atoms with E-state index in [9.17, 15) is 9.59 Å². The van der Waals surface area contributed by atoms with Crippen molar-refractivity contribution in [2.45, 2.75) is 24.7 Å². The van der Waals surface area contributed by atoms with E-state index in [-0.39, 0.29) is 12.5 Å². The highest BCUT2D eigenvalue weighted by atomic mass is 35.5. The number of benzene rings is 1. The second-order valence-electron chi connectivity index (χ2n) is 4.84. The molecule has 0 heterocycles. The highest BCUT2D eigenvalue weighted by molar-refractivity contribution is 7.99. The van der Waals surface area contributed by atoms with E-state index in [1.165, 1.54) is 0 Å². The Morgan fingerprint density at radius 3 is 2.70 bits per heavy atom. The molecule has 0 atom stereocenters. The molecule has 2 rings (SSSR count). The van der Waals surface area contributed by atoms with Gasteiger partial charge in [0, 0.05) is 16.5 Å². The van der Waals surface area contributed by atoms with Gasteiger partial charge in [-0.25, -0.2) is 0 Å². The third kappa shape index (κ3) is 3.27. The molecular formula is C14H16ClNO3S. The lowest BCUT2D eigenvalue weighted by Crippen LogP contribution is -2.34. The van der Waals surface area contributed by atoms with Gasteiger partial charge < -0.3 is 10.4 Å². The molecule has 1 saturated carbocycles. The molecule has 2 N–H and O–H groups in total. The van der Waals surface area contributed by atoms with Gasteiger partial charge in [0.2, 0.25) is 0 Å². The smallest absolute Gasteiger partial charge is 0.311 e. The Kier molecular flexibility index (Phi) is 4.60. The number of nitrogens with one attached hydrogen (secondary N) is 1. The molecule has 0 aliphatic heterocycles. The van der Waals surface area contributed by atoms with Crippen molar-refractivity contribution in [3.05, 3.63) is 28.8 Å². The van der Waals surface area contributed by atoms with Gasteiger partial charge in [0.05, 0.1) is 11.0 Å². The van der Waals surface area contributed by atoms with E-state index >= 15 is 0 Å². The number of carboxylic acids is 1. The summed E-state index contributed by atoms with van der Waals surface area (Å²) in [4.78, 5) is 24.1. The molecule has 1 amide bonds. The van der Waals surface area contributed by atoms with Crippen LogP contribution in [-0.2, 0) is 4.79 Å². The zero-order chi connectivity index (χ0) is 14.8. The number of aliphatic carboxylic acids is 1. The summed E-state index contributed by atoms with van der Waals surface area (Å²) in [7, 11) is 0. The van der Waals surface area contributed by atoms with Gasteiger partial charge >= 0.3 is 5.97 Å². The summed E-state index contributed by atoms with van der Waals surface area (Å²) in [5.74, 6) is -0.260. The molecular weight excluding hydrogens is 298 g/mol. The Labute approximate surface area is 126 Å². The summed E-state index contributed by atoms with van der Waals surface area (Å²) in [6, 6.07) is 5.18. The predicted molar refractivity (Wildman–Crippen MR) is 79.5 cm³/mol. The van der Waals surface area contributed by atoms with Crippen molar-refractivity contribution in [3.8, 4) is 0 Å². The fourth-order valence-corrected chi connectivity index (χ4v) is 2.88. The molecule has 1 aromatic carbocycles. The number of carbonyl (C=O) groups excluding carboxylic acids is 1. The van der Waals surface area contributed by atoms with E-state index < -0.39 is 11.4 Å². The molecule has 1 aliphatic rings. The molecule has 4 nitrogen and oxygen atoms in total. The lowest BCUT2D eigenvalue weighted by molar-refractivity contribution is -0.143. The molecule has 0 spiro atoms. The quantitative estimate of drug-likeness (QED) is 0.792. The fourth-order valence-electron chi connectivity index (χ4n) is 1.92. The van der Waals surface area contributed by atoms with Crippen molar-refractivity contribution >= 4 is 35.2 Å². The first-order valence-corrected chi connectivity index (χ1v) is 7.79. The molecule has 6 heteroatoms. The maximum absolute atomic E-state index is 12.2. The maximum Gasteiger partial charge on any atom is 0.311 e. The first kappa shape index (κ1) is 15.2. The molecule has 0 radical (unpaired) electrons. The standard InChI is InChI=1S/C14H16ClNO3S/c1-2-20-11-4-3-9(15)7-10(11)12(17)16-8-14(5-6-14)13(18)19/h3-4,7H,2,5-6,8H2,1H3,(H,16,17)(H,18,19). The number of rotatable bonds is 6. The van der Waals surface area contributed by atoms with Gasteiger partial charge in [0.25, 0.3) is 5.91 Å². The third-order valence-electron chi connectivity index (χ3n) is 3.38. The van der Waals surface area contributed by atoms with Gasteiger partial charge in [-0.2, -0.15) is 0 Å². The summed E-state index contributed by atoms with van der Waals surface area (Å²) >= 11 is 7.49. The second-order valence-corrected chi connectivity index (χ2v) is 6.58. The Balaban J connectivity index is 2.09. The van der Waals surface area contributed by atoms with Crippen molar-refractivity contribution in [2.75, 3.05) is 12.3 Å². The largest absolute Gasteiger partial charge is 0.481 e. The van der Waals surface area contributed by atoms with Crippen molar-refractivity contribution in [2.24, 2.45) is 5.41 Å². The molecule has 1 fully saturated rings. The fraction of sp³-hybridized carbons (Fsp3) is 0.429. The van der Waals surface area contributed by atoms with Crippen LogP contribution >= 0.6 is 23.4 Å². The minimum atomic E-state index is -0.841. The van der Waals surface area contributed by atoms with Gasteiger partial charge in [0.1, 0.15) is 0 Å². The van der Waals surface area contributed by atoms with Gasteiger partial charge in [0.15, 0.2) is 0 Å². The minimum Gasteiger partial charge on any atom is -0.481 e. The number of hydrogen-bond donors (Lipinski definition) is 2. The first-order valence-electron chi connectivity index (χ1n) is 6.42. The predicted octanol–water partition coefficient (Wildman–Crippen LogP) is 3.05. The average Bonchev–Trinajstić information content (AvgIpc) is 3.19. The molecule has 20 heavy (non-hydrogen) atoms. The second kappa shape index (κ2) is 6.06. The van der Waals surface area contributed by atoms with E-state index in [0.29, 0.717) is 23.4 Å². The van der Waals surface area contributed by atoms with Crippen LogP contribution in [0.1, 0.15) is 30.1 Å². The van der Waals surface area contributed by atoms with Gasteiger partial charge in [-0.15, -0.1) is 11.8 Å². The third-order valence-corrected chi connectivity index (χ3v) is 4.57. The van der Waals surface area contributed by atoms with Gasteiger partial charge in [-0.3, -0.25) is 9.59 Å². The van der Waals surface area contributed by atoms with Gasteiger partial charge in [-0.05, 0) is 36.8 Å². The zero-order valence-electron chi connectivity index (χ0n) is 11.1.